The first kappa shape index (κ1) is 13.8. The molecule has 17 heavy (non-hydrogen) atoms. The van der Waals surface area contributed by atoms with E-state index in [0.717, 1.165) is 18.4 Å². The Morgan fingerprint density at radius 3 is 2.35 bits per heavy atom. The van der Waals surface area contributed by atoms with E-state index in [-0.39, 0.29) is 12.1 Å². The molecular weight excluding hydrogens is 257 g/mol. The summed E-state index contributed by atoms with van der Waals surface area (Å²) < 4.78 is 61.7. The standard InChI is InChI=1S/C9H11F3N2O2S/c1-17(15,16)14-8-3-2-6(5-13)4-7(8)9(10,11)12/h2-4,14H,5,13H2,1H3. The van der Waals surface area contributed by atoms with Gasteiger partial charge in [0.25, 0.3) is 0 Å². The van der Waals surface area contributed by atoms with Crippen LogP contribution in [0, 0.1) is 0 Å². The molecule has 0 aromatic heterocycles. The van der Waals surface area contributed by atoms with E-state index in [4.69, 9.17) is 5.73 Å². The Morgan fingerprint density at radius 1 is 1.35 bits per heavy atom. The summed E-state index contributed by atoms with van der Waals surface area (Å²) in [6, 6.07) is 3.21. The third kappa shape index (κ3) is 3.90. The lowest BCUT2D eigenvalue weighted by Gasteiger charge is -2.14. The highest BCUT2D eigenvalue weighted by Gasteiger charge is 2.34. The lowest BCUT2D eigenvalue weighted by atomic mass is 10.1. The predicted octanol–water partition coefficient (Wildman–Crippen LogP) is 1.54. The molecule has 0 unspecified atom stereocenters. The minimum Gasteiger partial charge on any atom is -0.326 e. The molecule has 0 aliphatic heterocycles. The van der Waals surface area contributed by atoms with E-state index in [1.54, 1.807) is 0 Å². The molecule has 1 rings (SSSR count). The molecule has 0 spiro atoms. The maximum Gasteiger partial charge on any atom is 0.418 e. The van der Waals surface area contributed by atoms with Crippen LogP contribution in [0.3, 0.4) is 0 Å². The molecule has 1 aromatic carbocycles. The van der Waals surface area contributed by atoms with Gasteiger partial charge in [0, 0.05) is 6.54 Å². The van der Waals surface area contributed by atoms with Gasteiger partial charge in [-0.3, -0.25) is 4.72 Å². The molecule has 0 saturated heterocycles. The molecule has 1 aromatic rings. The normalized spacial score (nSPS) is 12.5. The van der Waals surface area contributed by atoms with Crippen LogP contribution in [0.4, 0.5) is 18.9 Å². The van der Waals surface area contributed by atoms with Crippen molar-refractivity contribution in [3.05, 3.63) is 29.3 Å². The Bertz CT molecular complexity index is 511. The molecule has 0 heterocycles. The fourth-order valence-corrected chi connectivity index (χ4v) is 1.82. The van der Waals surface area contributed by atoms with Gasteiger partial charge in [0.2, 0.25) is 10.0 Å². The molecule has 0 amide bonds. The van der Waals surface area contributed by atoms with Gasteiger partial charge in [-0.1, -0.05) is 6.07 Å². The minimum atomic E-state index is -4.64. The third-order valence-electron chi connectivity index (χ3n) is 1.92. The van der Waals surface area contributed by atoms with E-state index in [9.17, 15) is 21.6 Å². The van der Waals surface area contributed by atoms with Gasteiger partial charge in [-0.05, 0) is 17.7 Å². The number of alkyl halides is 3. The van der Waals surface area contributed by atoms with Crippen molar-refractivity contribution in [2.24, 2.45) is 5.73 Å². The highest BCUT2D eigenvalue weighted by atomic mass is 32.2. The SMILES string of the molecule is CS(=O)(=O)Nc1ccc(CN)cc1C(F)(F)F. The molecule has 0 saturated carbocycles. The second-order valence-electron chi connectivity index (χ2n) is 3.46. The summed E-state index contributed by atoms with van der Waals surface area (Å²) >= 11 is 0. The Morgan fingerprint density at radius 2 is 1.94 bits per heavy atom. The lowest BCUT2D eigenvalue weighted by molar-refractivity contribution is -0.136. The van der Waals surface area contributed by atoms with Crippen LogP contribution < -0.4 is 10.5 Å². The highest BCUT2D eigenvalue weighted by molar-refractivity contribution is 7.92. The van der Waals surface area contributed by atoms with Crippen LogP contribution in [0.25, 0.3) is 0 Å². The number of benzene rings is 1. The fourth-order valence-electron chi connectivity index (χ4n) is 1.24. The van der Waals surface area contributed by atoms with Gasteiger partial charge in [0.05, 0.1) is 17.5 Å². The van der Waals surface area contributed by atoms with Crippen LogP contribution in [-0.2, 0) is 22.7 Å². The van der Waals surface area contributed by atoms with Crippen molar-refractivity contribution in [2.45, 2.75) is 12.7 Å². The number of sulfonamides is 1. The molecule has 0 fully saturated rings. The van der Waals surface area contributed by atoms with Crippen molar-refractivity contribution in [2.75, 3.05) is 11.0 Å². The van der Waals surface area contributed by atoms with Crippen LogP contribution in [0.5, 0.6) is 0 Å². The summed E-state index contributed by atoms with van der Waals surface area (Å²) in [7, 11) is -3.76. The molecular formula is C9H11F3N2O2S. The summed E-state index contributed by atoms with van der Waals surface area (Å²) in [5, 5.41) is 0. The summed E-state index contributed by atoms with van der Waals surface area (Å²) in [4.78, 5) is 0. The van der Waals surface area contributed by atoms with Crippen molar-refractivity contribution >= 4 is 15.7 Å². The third-order valence-corrected chi connectivity index (χ3v) is 2.51. The topological polar surface area (TPSA) is 72.2 Å². The molecule has 3 N–H and O–H groups in total. The predicted molar refractivity (Wildman–Crippen MR) is 57.8 cm³/mol. The molecule has 0 atom stereocenters. The van der Waals surface area contributed by atoms with Gasteiger partial charge < -0.3 is 5.73 Å². The zero-order chi connectivity index (χ0) is 13.3. The van der Waals surface area contributed by atoms with Crippen molar-refractivity contribution in [1.29, 1.82) is 0 Å². The Kier molecular flexibility index (Phi) is 3.68. The van der Waals surface area contributed by atoms with Gasteiger partial charge in [-0.25, -0.2) is 8.42 Å². The lowest BCUT2D eigenvalue weighted by Crippen LogP contribution is -2.16. The van der Waals surface area contributed by atoms with E-state index < -0.39 is 27.5 Å². The molecule has 4 nitrogen and oxygen atoms in total. The van der Waals surface area contributed by atoms with Crippen LogP contribution in [0.2, 0.25) is 0 Å². The Balaban J connectivity index is 3.30. The van der Waals surface area contributed by atoms with Crippen LogP contribution in [0.1, 0.15) is 11.1 Å². The van der Waals surface area contributed by atoms with E-state index in [0.29, 0.717) is 0 Å². The largest absolute Gasteiger partial charge is 0.418 e. The molecule has 0 aliphatic carbocycles. The van der Waals surface area contributed by atoms with Gasteiger partial charge in [-0.2, -0.15) is 13.2 Å². The van der Waals surface area contributed by atoms with Gasteiger partial charge in [0.1, 0.15) is 0 Å². The first-order valence-corrected chi connectivity index (χ1v) is 6.40. The van der Waals surface area contributed by atoms with Gasteiger partial charge in [0.15, 0.2) is 0 Å². The second-order valence-corrected chi connectivity index (χ2v) is 5.20. The molecule has 0 radical (unpaired) electrons. The molecule has 96 valence electrons. The minimum absolute atomic E-state index is 0.0533. The summed E-state index contributed by atoms with van der Waals surface area (Å²) in [6.45, 7) is -0.0533. The maximum atomic E-state index is 12.7. The van der Waals surface area contributed by atoms with Crippen molar-refractivity contribution in [1.82, 2.24) is 0 Å². The number of halogens is 3. The number of anilines is 1. The van der Waals surface area contributed by atoms with Crippen LogP contribution >= 0.6 is 0 Å². The quantitative estimate of drug-likeness (QED) is 0.873. The highest BCUT2D eigenvalue weighted by Crippen LogP contribution is 2.35. The molecule has 0 aliphatic rings. The van der Waals surface area contributed by atoms with Crippen molar-refractivity contribution < 1.29 is 21.6 Å². The first-order valence-electron chi connectivity index (χ1n) is 4.51. The average Bonchev–Trinajstić information content (AvgIpc) is 2.14. The number of nitrogens with one attached hydrogen (secondary N) is 1. The van der Waals surface area contributed by atoms with Crippen LogP contribution in [-0.4, -0.2) is 14.7 Å². The number of hydrogen-bond acceptors (Lipinski definition) is 3. The Labute approximate surface area is 96.7 Å². The zero-order valence-electron chi connectivity index (χ0n) is 8.88. The smallest absolute Gasteiger partial charge is 0.326 e. The van der Waals surface area contributed by atoms with Crippen molar-refractivity contribution in [3.8, 4) is 0 Å². The number of rotatable bonds is 3. The zero-order valence-corrected chi connectivity index (χ0v) is 9.69. The maximum absolute atomic E-state index is 12.7. The van der Waals surface area contributed by atoms with Gasteiger partial charge in [-0.15, -0.1) is 0 Å². The Hall–Kier alpha value is -1.28. The van der Waals surface area contributed by atoms with Crippen molar-refractivity contribution in [3.63, 3.8) is 0 Å². The molecule has 0 bridgehead atoms. The summed E-state index contributed by atoms with van der Waals surface area (Å²) in [5.41, 5.74) is 3.96. The van der Waals surface area contributed by atoms with E-state index >= 15 is 0 Å². The van der Waals surface area contributed by atoms with Gasteiger partial charge >= 0.3 is 6.18 Å². The van der Waals surface area contributed by atoms with E-state index in [2.05, 4.69) is 0 Å². The second kappa shape index (κ2) is 4.53. The fraction of sp³-hybridized carbons (Fsp3) is 0.333. The van der Waals surface area contributed by atoms with E-state index in [1.807, 2.05) is 4.72 Å². The number of nitrogens with two attached hydrogens (primary N) is 1. The first-order chi connectivity index (χ1) is 7.63. The summed E-state index contributed by atoms with van der Waals surface area (Å²) in [6.07, 6.45) is -3.86. The average molecular weight is 268 g/mol. The summed E-state index contributed by atoms with van der Waals surface area (Å²) in [5.74, 6) is 0. The molecule has 8 heteroatoms. The van der Waals surface area contributed by atoms with E-state index in [1.165, 1.54) is 6.07 Å². The number of hydrogen-bond donors (Lipinski definition) is 2. The monoisotopic (exact) mass is 268 g/mol. The van der Waals surface area contributed by atoms with Crippen LogP contribution in [0.15, 0.2) is 18.2 Å².